The predicted molar refractivity (Wildman–Crippen MR) is 146 cm³/mol. The molecule has 0 aromatic heterocycles. The van der Waals surface area contributed by atoms with Crippen LogP contribution in [0.4, 0.5) is 0 Å². The highest BCUT2D eigenvalue weighted by atomic mass is 31.2. The first kappa shape index (κ1) is 28.0. The largest absolute Gasteiger partial charge is 0.487 e. The summed E-state index contributed by atoms with van der Waals surface area (Å²) in [5.41, 5.74) is 0. The van der Waals surface area contributed by atoms with Gasteiger partial charge < -0.3 is 32.9 Å². The Morgan fingerprint density at radius 1 is 0.579 bits per heavy atom. The van der Waals surface area contributed by atoms with Crippen molar-refractivity contribution in [3.63, 3.8) is 0 Å². The monoisotopic (exact) mass is 542 g/mol. The molecular formula is C29H35O8P. The molecule has 0 fully saturated rings. The van der Waals surface area contributed by atoms with Crippen LogP contribution in [-0.2, 0) is 18.6 Å². The lowest BCUT2D eigenvalue weighted by Gasteiger charge is -2.23. The van der Waals surface area contributed by atoms with Gasteiger partial charge in [0.25, 0.3) is 7.37 Å². The van der Waals surface area contributed by atoms with Crippen molar-refractivity contribution in [3.8, 4) is 23.0 Å². The Labute approximate surface area is 224 Å². The van der Waals surface area contributed by atoms with Gasteiger partial charge in [0, 0.05) is 10.6 Å². The molecular weight excluding hydrogens is 507 g/mol. The van der Waals surface area contributed by atoms with E-state index < -0.39 is 7.37 Å². The van der Waals surface area contributed by atoms with Gasteiger partial charge in [-0.25, -0.2) is 0 Å². The molecule has 4 rings (SSSR count). The molecule has 9 heteroatoms. The molecule has 1 heterocycles. The van der Waals surface area contributed by atoms with Crippen molar-refractivity contribution in [1.82, 2.24) is 0 Å². The minimum atomic E-state index is -3.37. The fraction of sp³-hybridized carbons (Fsp3) is 0.379. The quantitative estimate of drug-likeness (QED) is 0.443. The number of ether oxygens (including phenoxy) is 6. The van der Waals surface area contributed by atoms with E-state index in [2.05, 4.69) is 0 Å². The highest BCUT2D eigenvalue weighted by Gasteiger charge is 2.31. The van der Waals surface area contributed by atoms with E-state index >= 15 is 0 Å². The van der Waals surface area contributed by atoms with E-state index in [-0.39, 0.29) is 12.7 Å². The van der Waals surface area contributed by atoms with Crippen LogP contribution in [0.15, 0.2) is 72.8 Å². The van der Waals surface area contributed by atoms with Crippen LogP contribution in [0.25, 0.3) is 0 Å². The highest BCUT2D eigenvalue weighted by molar-refractivity contribution is 7.74. The average Bonchev–Trinajstić information content (AvgIpc) is 2.92. The maximum Gasteiger partial charge on any atom is 0.261 e. The molecule has 1 atom stereocenters. The maximum atomic E-state index is 14.2. The van der Waals surface area contributed by atoms with E-state index in [0.29, 0.717) is 79.9 Å². The van der Waals surface area contributed by atoms with Gasteiger partial charge in [0.15, 0.2) is 23.0 Å². The topological polar surface area (TPSA) is 81.7 Å². The summed E-state index contributed by atoms with van der Waals surface area (Å²) in [6.45, 7) is 6.56. The summed E-state index contributed by atoms with van der Waals surface area (Å²) in [6.07, 6.45) is -0.239. The van der Waals surface area contributed by atoms with Crippen molar-refractivity contribution >= 4 is 18.0 Å². The molecule has 3 aromatic carbocycles. The highest BCUT2D eigenvalue weighted by Crippen LogP contribution is 2.47. The van der Waals surface area contributed by atoms with E-state index in [9.17, 15) is 4.57 Å². The summed E-state index contributed by atoms with van der Waals surface area (Å²) in [7, 11) is -3.37. The average molecular weight is 543 g/mol. The number of para-hydroxylation sites is 2. The van der Waals surface area contributed by atoms with Crippen LogP contribution in [0.2, 0.25) is 0 Å². The summed E-state index contributed by atoms with van der Waals surface area (Å²) in [5, 5.41) is 1.15. The minimum absolute atomic E-state index is 0.239. The lowest BCUT2D eigenvalue weighted by atomic mass is 10.3. The second-order valence-corrected chi connectivity index (χ2v) is 11.1. The second kappa shape index (κ2) is 14.2. The molecule has 1 aliphatic rings. The lowest BCUT2D eigenvalue weighted by Crippen LogP contribution is -2.21. The number of rotatable bonds is 4. The molecule has 0 spiro atoms. The van der Waals surface area contributed by atoms with Crippen molar-refractivity contribution in [2.45, 2.75) is 20.0 Å². The molecule has 0 amide bonds. The Morgan fingerprint density at radius 3 is 1.58 bits per heavy atom. The first-order valence-corrected chi connectivity index (χ1v) is 14.4. The van der Waals surface area contributed by atoms with Crippen molar-refractivity contribution in [2.75, 3.05) is 52.9 Å². The molecule has 0 radical (unpaired) electrons. The van der Waals surface area contributed by atoms with Gasteiger partial charge in [-0.3, -0.25) is 4.57 Å². The van der Waals surface area contributed by atoms with Crippen molar-refractivity contribution in [1.29, 1.82) is 0 Å². The molecule has 1 unspecified atom stereocenters. The third-order valence-electron chi connectivity index (χ3n) is 5.51. The van der Waals surface area contributed by atoms with Crippen LogP contribution >= 0.6 is 7.37 Å². The third-order valence-corrected chi connectivity index (χ3v) is 8.17. The summed E-state index contributed by atoms with van der Waals surface area (Å²) >= 11 is 0. The van der Waals surface area contributed by atoms with E-state index in [1.165, 1.54) is 0 Å². The van der Waals surface area contributed by atoms with Gasteiger partial charge in [-0.05, 0) is 56.3 Å². The van der Waals surface area contributed by atoms with Gasteiger partial charge in [0.05, 0.1) is 32.5 Å². The summed E-state index contributed by atoms with van der Waals surface area (Å²) < 4.78 is 55.2. The minimum Gasteiger partial charge on any atom is -0.487 e. The fourth-order valence-corrected chi connectivity index (χ4v) is 6.10. The second-order valence-electron chi connectivity index (χ2n) is 8.74. The standard InChI is InChI=1S/C29H35O8P/c1-23(2)37-38(30,24-8-4-3-5-9-24)25-12-13-28-29(22-25)36-21-17-32-15-19-34-27-11-7-6-10-26(27)33-18-14-31-16-20-35-28/h3-13,22-23H,14-21H2,1-2H3. The third kappa shape index (κ3) is 7.74. The van der Waals surface area contributed by atoms with E-state index in [1.54, 1.807) is 18.2 Å². The van der Waals surface area contributed by atoms with Crippen LogP contribution in [0, 0.1) is 0 Å². The Balaban J connectivity index is 1.50. The molecule has 0 bridgehead atoms. The molecule has 8 nitrogen and oxygen atoms in total. The summed E-state index contributed by atoms with van der Waals surface area (Å²) in [5.74, 6) is 2.31. The fourth-order valence-electron chi connectivity index (χ4n) is 3.84. The van der Waals surface area contributed by atoms with Crippen LogP contribution in [0.5, 0.6) is 23.0 Å². The molecule has 0 N–H and O–H groups in total. The smallest absolute Gasteiger partial charge is 0.261 e. The normalized spacial score (nSPS) is 17.1. The van der Waals surface area contributed by atoms with E-state index in [1.807, 2.05) is 68.4 Å². The van der Waals surface area contributed by atoms with Gasteiger partial charge in [0.2, 0.25) is 0 Å². The number of fused-ring (bicyclic) bond motifs is 2. The van der Waals surface area contributed by atoms with Crippen LogP contribution in [-0.4, -0.2) is 59.0 Å². The zero-order valence-corrected chi connectivity index (χ0v) is 22.8. The van der Waals surface area contributed by atoms with Crippen molar-refractivity contribution in [2.24, 2.45) is 0 Å². The van der Waals surface area contributed by atoms with E-state index in [0.717, 1.165) is 0 Å². The first-order chi connectivity index (χ1) is 18.6. The summed E-state index contributed by atoms with van der Waals surface area (Å²) in [4.78, 5) is 0. The van der Waals surface area contributed by atoms with Crippen LogP contribution in [0.1, 0.15) is 13.8 Å². The Hall–Kier alpha value is -3.03. The SMILES string of the molecule is CC(C)OP(=O)(c1ccccc1)c1ccc2c(c1)OCCOCCOc1ccccc1OCCOCCO2. The number of hydrogen-bond acceptors (Lipinski definition) is 8. The van der Waals surface area contributed by atoms with Gasteiger partial charge in [-0.2, -0.15) is 0 Å². The zero-order valence-electron chi connectivity index (χ0n) is 21.9. The molecule has 0 saturated carbocycles. The Kier molecular flexibility index (Phi) is 10.5. The van der Waals surface area contributed by atoms with Gasteiger partial charge in [-0.1, -0.05) is 30.3 Å². The van der Waals surface area contributed by atoms with Crippen molar-refractivity contribution in [3.05, 3.63) is 72.8 Å². The van der Waals surface area contributed by atoms with Gasteiger partial charge in [0.1, 0.15) is 26.4 Å². The van der Waals surface area contributed by atoms with E-state index in [4.69, 9.17) is 32.9 Å². The zero-order chi connectivity index (χ0) is 26.6. The van der Waals surface area contributed by atoms with Gasteiger partial charge in [-0.15, -0.1) is 0 Å². The van der Waals surface area contributed by atoms with Crippen LogP contribution in [0.3, 0.4) is 0 Å². The van der Waals surface area contributed by atoms with Gasteiger partial charge >= 0.3 is 0 Å². The molecule has 38 heavy (non-hydrogen) atoms. The van der Waals surface area contributed by atoms with Crippen molar-refractivity contribution < 1.29 is 37.5 Å². The Morgan fingerprint density at radius 2 is 1.05 bits per heavy atom. The number of hydrogen-bond donors (Lipinski definition) is 0. The lowest BCUT2D eigenvalue weighted by molar-refractivity contribution is 0.0640. The molecule has 0 saturated heterocycles. The van der Waals surface area contributed by atoms with Crippen LogP contribution < -0.4 is 29.6 Å². The molecule has 204 valence electrons. The maximum absolute atomic E-state index is 14.2. The predicted octanol–water partition coefficient (Wildman–Crippen LogP) is 4.60. The first-order valence-electron chi connectivity index (χ1n) is 12.8. The number of benzene rings is 3. The Bertz CT molecular complexity index is 1180. The summed E-state index contributed by atoms with van der Waals surface area (Å²) in [6, 6.07) is 22.0. The molecule has 1 aliphatic heterocycles. The molecule has 3 aromatic rings. The molecule has 0 aliphatic carbocycles.